The number of hydrogen-bond donors (Lipinski definition) is 2. The van der Waals surface area contributed by atoms with Gasteiger partial charge < -0.3 is 19.9 Å². The van der Waals surface area contributed by atoms with E-state index in [4.69, 9.17) is 9.47 Å². The Morgan fingerprint density at radius 1 is 1.20 bits per heavy atom. The Morgan fingerprint density at radius 2 is 1.96 bits per heavy atom. The number of fused-ring (bicyclic) bond motifs is 1. The number of ether oxygens (including phenoxy) is 2. The predicted octanol–water partition coefficient (Wildman–Crippen LogP) is 2.88. The highest BCUT2D eigenvalue weighted by Gasteiger charge is 2.47. The number of amides is 1. The first-order valence-electron chi connectivity index (χ1n) is 7.48. The van der Waals surface area contributed by atoms with Crippen LogP contribution in [-0.4, -0.2) is 31.0 Å². The zero-order valence-corrected chi connectivity index (χ0v) is 15.2. The first kappa shape index (κ1) is 17.4. The molecule has 1 heterocycles. The smallest absolute Gasteiger partial charge is 0.261 e. The van der Waals surface area contributed by atoms with E-state index in [0.717, 1.165) is 4.47 Å². The standard InChI is InChI=1S/C18H16BrNO5/c1-24-11-4-6-16(25-2)12(8-11)15(21)9-18(23)13-5-3-10(19)7-14(13)20-17(18)22/h3-8,23H,9H2,1-2H3,(H,20,22). The number of halogens is 1. The van der Waals surface area contributed by atoms with Crippen molar-refractivity contribution in [3.05, 3.63) is 52.0 Å². The second-order valence-corrected chi connectivity index (χ2v) is 6.59. The lowest BCUT2D eigenvalue weighted by Crippen LogP contribution is -2.36. The van der Waals surface area contributed by atoms with Crippen LogP contribution in [0.15, 0.2) is 40.9 Å². The fourth-order valence-electron chi connectivity index (χ4n) is 2.86. The van der Waals surface area contributed by atoms with Crippen molar-refractivity contribution in [2.75, 3.05) is 19.5 Å². The van der Waals surface area contributed by atoms with Gasteiger partial charge in [-0.05, 0) is 30.3 Å². The summed E-state index contributed by atoms with van der Waals surface area (Å²) in [5.41, 5.74) is -0.835. The number of benzene rings is 2. The minimum absolute atomic E-state index is 0.244. The Hall–Kier alpha value is -2.38. The van der Waals surface area contributed by atoms with Crippen LogP contribution in [0.4, 0.5) is 5.69 Å². The molecule has 1 amide bonds. The number of hydrogen-bond acceptors (Lipinski definition) is 5. The average molecular weight is 406 g/mol. The minimum Gasteiger partial charge on any atom is -0.497 e. The molecule has 0 aromatic heterocycles. The van der Waals surface area contributed by atoms with E-state index in [1.165, 1.54) is 20.3 Å². The number of nitrogens with one attached hydrogen (secondary N) is 1. The van der Waals surface area contributed by atoms with E-state index in [1.54, 1.807) is 30.3 Å². The first-order valence-corrected chi connectivity index (χ1v) is 8.27. The molecule has 2 aromatic rings. The summed E-state index contributed by atoms with van der Waals surface area (Å²) < 4.78 is 11.1. The van der Waals surface area contributed by atoms with Crippen LogP contribution in [0.2, 0.25) is 0 Å². The van der Waals surface area contributed by atoms with Crippen LogP contribution in [-0.2, 0) is 10.4 Å². The van der Waals surface area contributed by atoms with Crippen molar-refractivity contribution in [2.24, 2.45) is 0 Å². The van der Waals surface area contributed by atoms with Gasteiger partial charge in [-0.25, -0.2) is 0 Å². The number of methoxy groups -OCH3 is 2. The number of anilines is 1. The maximum Gasteiger partial charge on any atom is 0.261 e. The van der Waals surface area contributed by atoms with Crippen molar-refractivity contribution in [3.8, 4) is 11.5 Å². The highest BCUT2D eigenvalue weighted by atomic mass is 79.9. The van der Waals surface area contributed by atoms with Gasteiger partial charge in [-0.1, -0.05) is 22.0 Å². The number of carbonyl (C=O) groups is 2. The van der Waals surface area contributed by atoms with E-state index >= 15 is 0 Å². The van der Waals surface area contributed by atoms with Crippen LogP contribution in [0.25, 0.3) is 0 Å². The summed E-state index contributed by atoms with van der Waals surface area (Å²) in [6, 6.07) is 9.81. The van der Waals surface area contributed by atoms with E-state index in [1.807, 2.05) is 0 Å². The fraction of sp³-hybridized carbons (Fsp3) is 0.222. The molecule has 3 rings (SSSR count). The third kappa shape index (κ3) is 3.01. The number of Topliss-reactive ketones (excluding diaryl/α,β-unsaturated/α-hetero) is 1. The Morgan fingerprint density at radius 3 is 2.64 bits per heavy atom. The maximum atomic E-state index is 12.8. The molecule has 6 nitrogen and oxygen atoms in total. The molecule has 2 aromatic carbocycles. The molecule has 1 unspecified atom stereocenters. The Kier molecular flexibility index (Phi) is 4.53. The van der Waals surface area contributed by atoms with Gasteiger partial charge in [0.25, 0.3) is 5.91 Å². The largest absolute Gasteiger partial charge is 0.497 e. The van der Waals surface area contributed by atoms with Gasteiger partial charge in [-0.15, -0.1) is 0 Å². The lowest BCUT2D eigenvalue weighted by Gasteiger charge is -2.20. The Balaban J connectivity index is 1.97. The van der Waals surface area contributed by atoms with Gasteiger partial charge in [-0.3, -0.25) is 9.59 Å². The number of carbonyl (C=O) groups excluding carboxylic acids is 2. The SMILES string of the molecule is COc1ccc(OC)c(C(=O)CC2(O)C(=O)Nc3cc(Br)ccc32)c1. The second kappa shape index (κ2) is 6.50. The summed E-state index contributed by atoms with van der Waals surface area (Å²) in [4.78, 5) is 25.1. The molecule has 1 atom stereocenters. The quantitative estimate of drug-likeness (QED) is 0.747. The van der Waals surface area contributed by atoms with Gasteiger partial charge in [-0.2, -0.15) is 0 Å². The fourth-order valence-corrected chi connectivity index (χ4v) is 3.22. The second-order valence-electron chi connectivity index (χ2n) is 5.67. The Bertz CT molecular complexity index is 867. The summed E-state index contributed by atoms with van der Waals surface area (Å²) in [6.07, 6.45) is -0.406. The molecule has 0 aliphatic carbocycles. The van der Waals surface area contributed by atoms with Gasteiger partial charge in [0, 0.05) is 15.7 Å². The molecule has 0 bridgehead atoms. The van der Waals surface area contributed by atoms with Gasteiger partial charge in [0.1, 0.15) is 11.5 Å². The van der Waals surface area contributed by atoms with E-state index in [2.05, 4.69) is 21.2 Å². The van der Waals surface area contributed by atoms with Crippen LogP contribution < -0.4 is 14.8 Å². The molecular formula is C18H16BrNO5. The summed E-state index contributed by atoms with van der Waals surface area (Å²) in [5.74, 6) is -0.222. The molecular weight excluding hydrogens is 390 g/mol. The van der Waals surface area contributed by atoms with E-state index in [0.29, 0.717) is 22.7 Å². The molecule has 0 saturated heterocycles. The highest BCUT2D eigenvalue weighted by Crippen LogP contribution is 2.41. The van der Waals surface area contributed by atoms with Crippen molar-refractivity contribution in [3.63, 3.8) is 0 Å². The summed E-state index contributed by atoms with van der Waals surface area (Å²) >= 11 is 3.31. The van der Waals surface area contributed by atoms with Gasteiger partial charge in [0.15, 0.2) is 11.4 Å². The lowest BCUT2D eigenvalue weighted by atomic mass is 9.88. The van der Waals surface area contributed by atoms with Crippen LogP contribution >= 0.6 is 15.9 Å². The molecule has 0 spiro atoms. The normalized spacial score (nSPS) is 18.5. The summed E-state index contributed by atoms with van der Waals surface area (Å²) in [5, 5.41) is 13.5. The van der Waals surface area contributed by atoms with Crippen LogP contribution in [0.1, 0.15) is 22.3 Å². The monoisotopic (exact) mass is 405 g/mol. The van der Waals surface area contributed by atoms with Crippen molar-refractivity contribution in [1.82, 2.24) is 0 Å². The zero-order valence-electron chi connectivity index (χ0n) is 13.6. The third-order valence-electron chi connectivity index (χ3n) is 4.17. The molecule has 25 heavy (non-hydrogen) atoms. The van der Waals surface area contributed by atoms with Crippen LogP contribution in [0.5, 0.6) is 11.5 Å². The topological polar surface area (TPSA) is 84.9 Å². The molecule has 0 fully saturated rings. The summed E-state index contributed by atoms with van der Waals surface area (Å²) in [6.45, 7) is 0. The van der Waals surface area contributed by atoms with Crippen molar-refractivity contribution in [2.45, 2.75) is 12.0 Å². The third-order valence-corrected chi connectivity index (χ3v) is 4.67. The molecule has 0 saturated carbocycles. The van der Waals surface area contributed by atoms with Gasteiger partial charge >= 0.3 is 0 Å². The van der Waals surface area contributed by atoms with Crippen LogP contribution in [0.3, 0.4) is 0 Å². The zero-order chi connectivity index (χ0) is 18.2. The van der Waals surface area contributed by atoms with Crippen molar-refractivity contribution in [1.29, 1.82) is 0 Å². The van der Waals surface area contributed by atoms with Gasteiger partial charge in [0.2, 0.25) is 0 Å². The lowest BCUT2D eigenvalue weighted by molar-refractivity contribution is -0.133. The molecule has 1 aliphatic heterocycles. The van der Waals surface area contributed by atoms with E-state index < -0.39 is 23.7 Å². The molecule has 130 valence electrons. The Labute approximate surface area is 152 Å². The van der Waals surface area contributed by atoms with Crippen LogP contribution in [0, 0.1) is 0 Å². The molecule has 7 heteroatoms. The predicted molar refractivity (Wildman–Crippen MR) is 95.2 cm³/mol. The number of ketones is 1. The average Bonchev–Trinajstić information content (AvgIpc) is 2.83. The first-order chi connectivity index (χ1) is 11.9. The minimum atomic E-state index is -1.93. The summed E-state index contributed by atoms with van der Waals surface area (Å²) in [7, 11) is 2.94. The highest BCUT2D eigenvalue weighted by molar-refractivity contribution is 9.10. The van der Waals surface area contributed by atoms with E-state index in [-0.39, 0.29) is 5.56 Å². The maximum absolute atomic E-state index is 12.8. The van der Waals surface area contributed by atoms with Crippen molar-refractivity contribution >= 4 is 33.3 Å². The number of rotatable bonds is 5. The van der Waals surface area contributed by atoms with Gasteiger partial charge in [0.05, 0.1) is 26.2 Å². The van der Waals surface area contributed by atoms with Crippen molar-refractivity contribution < 1.29 is 24.2 Å². The molecule has 2 N–H and O–H groups in total. The van der Waals surface area contributed by atoms with E-state index in [9.17, 15) is 14.7 Å². The molecule has 0 radical (unpaired) electrons. The molecule has 1 aliphatic rings. The number of aliphatic hydroxyl groups is 1.